The molecule has 0 saturated carbocycles. The molecule has 2 saturated heterocycles. The molecule has 4 rings (SSSR count). The van der Waals surface area contributed by atoms with E-state index < -0.39 is 0 Å². The highest BCUT2D eigenvalue weighted by atomic mass is 32.2. The average Bonchev–Trinajstić information content (AvgIpc) is 3.04. The summed E-state index contributed by atoms with van der Waals surface area (Å²) in [5.41, 5.74) is 1.96. The number of pyridine rings is 1. The lowest BCUT2D eigenvalue weighted by atomic mass is 9.92. The van der Waals surface area contributed by atoms with Gasteiger partial charge in [0.2, 0.25) is 5.82 Å². The zero-order valence-corrected chi connectivity index (χ0v) is 13.9. The van der Waals surface area contributed by atoms with Crippen molar-refractivity contribution < 1.29 is 4.74 Å². The fourth-order valence-corrected chi connectivity index (χ4v) is 4.74. The maximum atomic E-state index is 8.76. The highest BCUT2D eigenvalue weighted by Crippen LogP contribution is 2.47. The molecule has 1 spiro atoms. The van der Waals surface area contributed by atoms with E-state index in [0.29, 0.717) is 6.61 Å². The molecule has 0 bridgehead atoms. The Balaban J connectivity index is 1.29. The summed E-state index contributed by atoms with van der Waals surface area (Å²) >= 11 is 2.00. The van der Waals surface area contributed by atoms with Gasteiger partial charge in [-0.25, -0.2) is 9.97 Å². The molecule has 0 N–H and O–H groups in total. The summed E-state index contributed by atoms with van der Waals surface area (Å²) < 4.78 is 6.31. The van der Waals surface area contributed by atoms with Crippen molar-refractivity contribution in [1.29, 1.82) is 5.26 Å². The van der Waals surface area contributed by atoms with Crippen LogP contribution in [-0.4, -0.2) is 44.6 Å². The number of hydrogen-bond donors (Lipinski definition) is 0. The van der Waals surface area contributed by atoms with Crippen LogP contribution in [0.4, 0.5) is 5.69 Å². The Morgan fingerprint density at radius 1 is 1.29 bits per heavy atom. The lowest BCUT2D eigenvalue weighted by Gasteiger charge is -2.48. The van der Waals surface area contributed by atoms with Gasteiger partial charge >= 0.3 is 0 Å². The van der Waals surface area contributed by atoms with Crippen molar-refractivity contribution in [3.8, 4) is 6.07 Å². The zero-order chi connectivity index (χ0) is 16.4. The minimum atomic E-state index is 0.215. The number of nitrogens with zero attached hydrogens (tertiary/aromatic N) is 5. The molecule has 6 nitrogen and oxygen atoms in total. The number of nitriles is 1. The van der Waals surface area contributed by atoms with Crippen LogP contribution in [0.1, 0.15) is 17.9 Å². The molecule has 0 unspecified atom stereocenters. The summed E-state index contributed by atoms with van der Waals surface area (Å²) in [7, 11) is 0. The van der Waals surface area contributed by atoms with Gasteiger partial charge in [0, 0.05) is 25.0 Å². The third kappa shape index (κ3) is 3.07. The topological polar surface area (TPSA) is 74.9 Å². The second-order valence-electron chi connectivity index (χ2n) is 6.18. The van der Waals surface area contributed by atoms with E-state index in [4.69, 9.17) is 10.00 Å². The van der Waals surface area contributed by atoms with Crippen molar-refractivity contribution in [3.05, 3.63) is 48.3 Å². The van der Waals surface area contributed by atoms with Gasteiger partial charge in [-0.05, 0) is 18.6 Å². The van der Waals surface area contributed by atoms with Gasteiger partial charge in [-0.2, -0.15) is 5.26 Å². The van der Waals surface area contributed by atoms with Crippen LogP contribution >= 0.6 is 11.8 Å². The Hall–Kier alpha value is -2.17. The summed E-state index contributed by atoms with van der Waals surface area (Å²) in [5.74, 6) is 1.25. The molecule has 0 aromatic carbocycles. The fraction of sp³-hybridized carbons (Fsp3) is 0.412. The molecule has 2 aliphatic heterocycles. The van der Waals surface area contributed by atoms with Crippen LogP contribution in [-0.2, 0) is 11.3 Å². The van der Waals surface area contributed by atoms with E-state index in [-0.39, 0.29) is 16.7 Å². The van der Waals surface area contributed by atoms with Crippen LogP contribution in [0, 0.1) is 11.3 Å². The largest absolute Gasteiger partial charge is 0.371 e. The molecular weight excluding hydrogens is 322 g/mol. The highest BCUT2D eigenvalue weighted by Gasteiger charge is 2.49. The van der Waals surface area contributed by atoms with E-state index >= 15 is 0 Å². The highest BCUT2D eigenvalue weighted by molar-refractivity contribution is 8.01. The van der Waals surface area contributed by atoms with E-state index in [2.05, 4.69) is 19.9 Å². The maximum Gasteiger partial charge on any atom is 0.232 e. The Bertz CT molecular complexity index is 740. The molecule has 1 atom stereocenters. The van der Waals surface area contributed by atoms with Gasteiger partial charge in [0.15, 0.2) is 0 Å². The van der Waals surface area contributed by atoms with Gasteiger partial charge in [-0.1, -0.05) is 6.07 Å². The van der Waals surface area contributed by atoms with E-state index in [1.807, 2.05) is 36.0 Å². The SMILES string of the molecule is N#Cc1ncc(N2CC3(C[C@H](OCc4ccccn4)CS3)C2)cn1. The van der Waals surface area contributed by atoms with Gasteiger partial charge < -0.3 is 9.64 Å². The van der Waals surface area contributed by atoms with Gasteiger partial charge in [0.25, 0.3) is 0 Å². The second kappa shape index (κ2) is 6.38. The monoisotopic (exact) mass is 339 g/mol. The Morgan fingerprint density at radius 3 is 2.83 bits per heavy atom. The number of aromatic nitrogens is 3. The quantitative estimate of drug-likeness (QED) is 0.843. The molecule has 4 heterocycles. The van der Waals surface area contributed by atoms with Crippen LogP contribution in [0.25, 0.3) is 0 Å². The van der Waals surface area contributed by atoms with Crippen molar-refractivity contribution in [2.75, 3.05) is 23.7 Å². The van der Waals surface area contributed by atoms with Gasteiger partial charge in [0.1, 0.15) is 6.07 Å². The maximum absolute atomic E-state index is 8.76. The molecule has 2 aromatic heterocycles. The number of rotatable bonds is 4. The zero-order valence-electron chi connectivity index (χ0n) is 13.1. The molecule has 0 radical (unpaired) electrons. The predicted octanol–water partition coefficient (Wildman–Crippen LogP) is 2.02. The molecule has 2 aliphatic rings. The Labute approximate surface area is 144 Å². The first kappa shape index (κ1) is 15.4. The van der Waals surface area contributed by atoms with Gasteiger partial charge in [-0.3, -0.25) is 4.98 Å². The average molecular weight is 339 g/mol. The molecule has 2 aromatic rings. The van der Waals surface area contributed by atoms with Crippen LogP contribution in [0.2, 0.25) is 0 Å². The van der Waals surface area contributed by atoms with Crippen LogP contribution in [0.5, 0.6) is 0 Å². The summed E-state index contributed by atoms with van der Waals surface area (Å²) in [6, 6.07) is 7.84. The Morgan fingerprint density at radius 2 is 2.12 bits per heavy atom. The van der Waals surface area contributed by atoms with Gasteiger partial charge in [0.05, 0.1) is 41.2 Å². The predicted molar refractivity (Wildman–Crippen MR) is 91.6 cm³/mol. The third-order valence-corrected chi connectivity index (χ3v) is 6.01. The fourth-order valence-electron chi connectivity index (χ4n) is 3.19. The molecular formula is C17H17N5OS. The van der Waals surface area contributed by atoms with Crippen molar-refractivity contribution in [3.63, 3.8) is 0 Å². The first-order chi connectivity index (χ1) is 11.8. The summed E-state index contributed by atoms with van der Waals surface area (Å²) in [6.07, 6.45) is 6.61. The lowest BCUT2D eigenvalue weighted by Crippen LogP contribution is -2.59. The molecule has 0 aliphatic carbocycles. The lowest BCUT2D eigenvalue weighted by molar-refractivity contribution is 0.0459. The standard InChI is InChI=1S/C17H17N5OS/c18-6-16-20-7-14(8-21-16)22-11-17(12-22)5-15(10-24-17)23-9-13-3-1-2-4-19-13/h1-4,7-8,15H,5,9-12H2/t15-/m0/s1. The van der Waals surface area contributed by atoms with Crippen molar-refractivity contribution in [1.82, 2.24) is 15.0 Å². The Kier molecular flexibility index (Phi) is 4.08. The number of thioether (sulfide) groups is 1. The third-order valence-electron chi connectivity index (χ3n) is 4.43. The van der Waals surface area contributed by atoms with Crippen molar-refractivity contribution in [2.24, 2.45) is 0 Å². The van der Waals surface area contributed by atoms with Crippen LogP contribution in [0.3, 0.4) is 0 Å². The first-order valence-corrected chi connectivity index (χ1v) is 8.87. The minimum absolute atomic E-state index is 0.215. The molecule has 0 amide bonds. The van der Waals surface area contributed by atoms with E-state index in [1.165, 1.54) is 0 Å². The summed E-state index contributed by atoms with van der Waals surface area (Å²) in [5, 5.41) is 8.76. The number of ether oxygens (including phenoxy) is 1. The van der Waals surface area contributed by atoms with Crippen LogP contribution < -0.4 is 4.90 Å². The molecule has 24 heavy (non-hydrogen) atoms. The smallest absolute Gasteiger partial charge is 0.232 e. The van der Waals surface area contributed by atoms with Crippen molar-refractivity contribution >= 4 is 17.4 Å². The van der Waals surface area contributed by atoms with Gasteiger partial charge in [-0.15, -0.1) is 11.8 Å². The summed E-state index contributed by atoms with van der Waals surface area (Å²) in [6.45, 7) is 2.54. The van der Waals surface area contributed by atoms with E-state index in [9.17, 15) is 0 Å². The van der Waals surface area contributed by atoms with E-state index in [0.717, 1.165) is 36.6 Å². The molecule has 2 fully saturated rings. The molecule has 7 heteroatoms. The second-order valence-corrected chi connectivity index (χ2v) is 7.67. The van der Waals surface area contributed by atoms with Crippen molar-refractivity contribution in [2.45, 2.75) is 23.9 Å². The summed E-state index contributed by atoms with van der Waals surface area (Å²) in [4.78, 5) is 14.6. The minimum Gasteiger partial charge on any atom is -0.371 e. The number of hydrogen-bond acceptors (Lipinski definition) is 7. The first-order valence-electron chi connectivity index (χ1n) is 7.89. The van der Waals surface area contributed by atoms with E-state index in [1.54, 1.807) is 18.6 Å². The number of anilines is 1. The molecule has 122 valence electrons. The van der Waals surface area contributed by atoms with Crippen LogP contribution in [0.15, 0.2) is 36.8 Å². The normalized spacial score (nSPS) is 21.5.